The molecule has 0 radical (unpaired) electrons. The van der Waals surface area contributed by atoms with E-state index in [2.05, 4.69) is 5.10 Å². The van der Waals surface area contributed by atoms with Crippen LogP contribution in [0.4, 0.5) is 5.69 Å². The van der Waals surface area contributed by atoms with Gasteiger partial charge in [-0.3, -0.25) is 10.1 Å². The van der Waals surface area contributed by atoms with Crippen LogP contribution >= 0.6 is 11.6 Å². The number of rotatable bonds is 5. The molecule has 0 spiro atoms. The number of benzene rings is 1. The number of methoxy groups -OCH3 is 2. The molecular formula is C12H12ClN3O4. The van der Waals surface area contributed by atoms with Gasteiger partial charge < -0.3 is 9.47 Å². The number of halogens is 1. The largest absolute Gasteiger partial charge is 0.497 e. The third-order valence-electron chi connectivity index (χ3n) is 2.64. The minimum Gasteiger partial charge on any atom is -0.497 e. The molecule has 0 amide bonds. The predicted octanol–water partition coefficient (Wildman–Crippen LogP) is 2.59. The minimum atomic E-state index is -0.569. The highest BCUT2D eigenvalue weighted by Gasteiger charge is 2.27. The van der Waals surface area contributed by atoms with Crippen LogP contribution in [0.5, 0.6) is 5.75 Å². The molecule has 7 nitrogen and oxygen atoms in total. The van der Waals surface area contributed by atoms with E-state index in [9.17, 15) is 10.1 Å². The fourth-order valence-electron chi connectivity index (χ4n) is 1.76. The molecule has 0 aliphatic carbocycles. The van der Waals surface area contributed by atoms with Crippen molar-refractivity contribution in [3.8, 4) is 11.4 Å². The summed E-state index contributed by atoms with van der Waals surface area (Å²) >= 11 is 6.05. The SMILES string of the molecule is COCc1nn(-c2cccc(OC)c2)c(Cl)c1[N+](=O)[O-]. The Balaban J connectivity index is 2.56. The van der Waals surface area contributed by atoms with Crippen LogP contribution in [-0.4, -0.2) is 28.9 Å². The second-order valence-electron chi connectivity index (χ2n) is 3.89. The predicted molar refractivity (Wildman–Crippen MR) is 72.5 cm³/mol. The third kappa shape index (κ3) is 2.59. The van der Waals surface area contributed by atoms with Gasteiger partial charge in [0.25, 0.3) is 0 Å². The molecule has 2 aromatic rings. The van der Waals surface area contributed by atoms with Crippen LogP contribution in [0.15, 0.2) is 24.3 Å². The Morgan fingerprint density at radius 3 is 2.80 bits per heavy atom. The molecule has 1 aromatic heterocycles. The van der Waals surface area contributed by atoms with E-state index in [0.717, 1.165) is 0 Å². The number of hydrogen-bond donors (Lipinski definition) is 0. The van der Waals surface area contributed by atoms with Crippen molar-refractivity contribution >= 4 is 17.3 Å². The second kappa shape index (κ2) is 5.89. The lowest BCUT2D eigenvalue weighted by atomic mass is 10.3. The van der Waals surface area contributed by atoms with Gasteiger partial charge in [-0.1, -0.05) is 17.7 Å². The van der Waals surface area contributed by atoms with Gasteiger partial charge in [0.05, 0.1) is 24.3 Å². The first-order valence-corrected chi connectivity index (χ1v) is 6.01. The van der Waals surface area contributed by atoms with Gasteiger partial charge in [-0.2, -0.15) is 5.10 Å². The van der Waals surface area contributed by atoms with Gasteiger partial charge >= 0.3 is 5.69 Å². The third-order valence-corrected chi connectivity index (χ3v) is 2.98. The molecule has 0 saturated carbocycles. The van der Waals surface area contributed by atoms with Crippen LogP contribution in [0.3, 0.4) is 0 Å². The van der Waals surface area contributed by atoms with Crippen molar-refractivity contribution in [1.82, 2.24) is 9.78 Å². The molecule has 0 unspecified atom stereocenters. The molecule has 1 aromatic carbocycles. The summed E-state index contributed by atoms with van der Waals surface area (Å²) in [5.41, 5.74) is 0.487. The topological polar surface area (TPSA) is 79.4 Å². The number of ether oxygens (including phenoxy) is 2. The Labute approximate surface area is 119 Å². The lowest BCUT2D eigenvalue weighted by molar-refractivity contribution is -0.385. The number of nitrogens with zero attached hydrogens (tertiary/aromatic N) is 3. The summed E-state index contributed by atoms with van der Waals surface area (Å²) in [5, 5.41) is 15.1. The van der Waals surface area contributed by atoms with Gasteiger partial charge in [-0.15, -0.1) is 0 Å². The number of nitro groups is 1. The van der Waals surface area contributed by atoms with Crippen LogP contribution in [0.1, 0.15) is 5.69 Å². The van der Waals surface area contributed by atoms with Crippen LogP contribution in [0.25, 0.3) is 5.69 Å². The maximum Gasteiger partial charge on any atom is 0.331 e. The molecule has 1 heterocycles. The summed E-state index contributed by atoms with van der Waals surface area (Å²) in [6.45, 7) is 0.00695. The van der Waals surface area contributed by atoms with Gasteiger partial charge in [-0.05, 0) is 12.1 Å². The van der Waals surface area contributed by atoms with Crippen LogP contribution in [0.2, 0.25) is 5.15 Å². The zero-order valence-electron chi connectivity index (χ0n) is 10.9. The van der Waals surface area contributed by atoms with E-state index < -0.39 is 4.92 Å². The minimum absolute atomic E-state index is 0.00695. The van der Waals surface area contributed by atoms with E-state index in [1.807, 2.05) is 0 Å². The summed E-state index contributed by atoms with van der Waals surface area (Å²) < 4.78 is 11.3. The zero-order valence-corrected chi connectivity index (χ0v) is 11.6. The van der Waals surface area contributed by atoms with Gasteiger partial charge in [0.2, 0.25) is 5.15 Å². The van der Waals surface area contributed by atoms with Crippen molar-refractivity contribution in [3.63, 3.8) is 0 Å². The fraction of sp³-hybridized carbons (Fsp3) is 0.250. The lowest BCUT2D eigenvalue weighted by Crippen LogP contribution is -1.98. The van der Waals surface area contributed by atoms with E-state index in [-0.39, 0.29) is 23.1 Å². The highest BCUT2D eigenvalue weighted by molar-refractivity contribution is 6.32. The normalized spacial score (nSPS) is 10.6. The summed E-state index contributed by atoms with van der Waals surface area (Å²) in [6, 6.07) is 6.90. The van der Waals surface area contributed by atoms with Crippen LogP contribution < -0.4 is 4.74 Å². The van der Waals surface area contributed by atoms with Gasteiger partial charge in [0, 0.05) is 13.2 Å². The first-order chi connectivity index (χ1) is 9.58. The van der Waals surface area contributed by atoms with Gasteiger partial charge in [-0.25, -0.2) is 4.68 Å². The number of aromatic nitrogens is 2. The van der Waals surface area contributed by atoms with E-state index in [4.69, 9.17) is 21.1 Å². The van der Waals surface area contributed by atoms with Crippen molar-refractivity contribution in [3.05, 3.63) is 45.2 Å². The van der Waals surface area contributed by atoms with Crippen molar-refractivity contribution in [2.45, 2.75) is 6.61 Å². The smallest absolute Gasteiger partial charge is 0.331 e. The fourth-order valence-corrected chi connectivity index (χ4v) is 2.07. The Hall–Kier alpha value is -2.12. The van der Waals surface area contributed by atoms with E-state index in [1.54, 1.807) is 24.3 Å². The van der Waals surface area contributed by atoms with E-state index >= 15 is 0 Å². The van der Waals surface area contributed by atoms with Crippen molar-refractivity contribution in [1.29, 1.82) is 0 Å². The van der Waals surface area contributed by atoms with Crippen LogP contribution in [0, 0.1) is 10.1 Å². The van der Waals surface area contributed by atoms with E-state index in [0.29, 0.717) is 11.4 Å². The van der Waals surface area contributed by atoms with Gasteiger partial charge in [0.1, 0.15) is 5.75 Å². The summed E-state index contributed by atoms with van der Waals surface area (Å²) in [5.74, 6) is 0.602. The Kier molecular flexibility index (Phi) is 4.21. The Bertz CT molecular complexity index is 642. The molecule has 0 fully saturated rings. The molecule has 0 bridgehead atoms. The average molecular weight is 298 g/mol. The molecule has 8 heteroatoms. The van der Waals surface area contributed by atoms with Crippen molar-refractivity contribution in [2.75, 3.05) is 14.2 Å². The molecular weight excluding hydrogens is 286 g/mol. The average Bonchev–Trinajstić information content (AvgIpc) is 2.76. The second-order valence-corrected chi connectivity index (χ2v) is 4.25. The Morgan fingerprint density at radius 2 is 2.20 bits per heavy atom. The first kappa shape index (κ1) is 14.3. The standard InChI is InChI=1S/C12H12ClN3O4/c1-19-7-10-11(16(17)18)12(13)15(14-10)8-4-3-5-9(6-8)20-2/h3-6H,7H2,1-2H3. The first-order valence-electron chi connectivity index (χ1n) is 5.63. The molecule has 2 rings (SSSR count). The summed E-state index contributed by atoms with van der Waals surface area (Å²) in [4.78, 5) is 10.5. The highest BCUT2D eigenvalue weighted by Crippen LogP contribution is 2.31. The Morgan fingerprint density at radius 1 is 1.45 bits per heavy atom. The number of hydrogen-bond acceptors (Lipinski definition) is 5. The summed E-state index contributed by atoms with van der Waals surface area (Å²) in [7, 11) is 2.96. The highest BCUT2D eigenvalue weighted by atomic mass is 35.5. The summed E-state index contributed by atoms with van der Waals surface area (Å²) in [6.07, 6.45) is 0. The lowest BCUT2D eigenvalue weighted by Gasteiger charge is -2.04. The van der Waals surface area contributed by atoms with Crippen molar-refractivity contribution in [2.24, 2.45) is 0 Å². The molecule has 20 heavy (non-hydrogen) atoms. The molecule has 0 atom stereocenters. The molecule has 106 valence electrons. The maximum absolute atomic E-state index is 11.1. The maximum atomic E-state index is 11.1. The van der Waals surface area contributed by atoms with E-state index in [1.165, 1.54) is 18.9 Å². The zero-order chi connectivity index (χ0) is 14.7. The molecule has 0 aliphatic rings. The monoisotopic (exact) mass is 297 g/mol. The van der Waals surface area contributed by atoms with Gasteiger partial charge in [0.15, 0.2) is 5.69 Å². The quantitative estimate of drug-likeness (QED) is 0.626. The van der Waals surface area contributed by atoms with Crippen LogP contribution in [-0.2, 0) is 11.3 Å². The molecule has 0 aliphatic heterocycles. The molecule has 0 saturated heterocycles. The molecule has 0 N–H and O–H groups in total. The van der Waals surface area contributed by atoms with Crippen molar-refractivity contribution < 1.29 is 14.4 Å².